The Morgan fingerprint density at radius 2 is 2.11 bits per heavy atom. The van der Waals surface area contributed by atoms with Gasteiger partial charge in [0.15, 0.2) is 5.96 Å². The van der Waals surface area contributed by atoms with Crippen LogP contribution in [0.4, 0.5) is 0 Å². The first kappa shape index (κ1) is 25.6. The molecule has 0 spiro atoms. The molecule has 0 bridgehead atoms. The van der Waals surface area contributed by atoms with Crippen LogP contribution in [0.15, 0.2) is 10.4 Å². The molecule has 1 aliphatic heterocycles. The Kier molecular flexibility index (Phi) is 14.9. The SMILES string of the molecule is CCNC(=NCCCOCC1CCOCC1)NCCCCc1nc(C)cs1.I. The zero-order valence-electron chi connectivity index (χ0n) is 17.4. The van der Waals surface area contributed by atoms with Crippen molar-refractivity contribution in [3.8, 4) is 0 Å². The van der Waals surface area contributed by atoms with Gasteiger partial charge in [-0.2, -0.15) is 0 Å². The number of nitrogens with zero attached hydrogens (tertiary/aromatic N) is 2. The zero-order valence-corrected chi connectivity index (χ0v) is 20.5. The summed E-state index contributed by atoms with van der Waals surface area (Å²) in [5, 5.41) is 10.1. The molecule has 1 fully saturated rings. The van der Waals surface area contributed by atoms with Crippen molar-refractivity contribution in [3.05, 3.63) is 16.1 Å². The second-order valence-corrected chi connectivity index (χ2v) is 7.95. The number of unbranched alkanes of at least 4 members (excludes halogenated alkanes) is 1. The van der Waals surface area contributed by atoms with E-state index in [9.17, 15) is 0 Å². The lowest BCUT2D eigenvalue weighted by atomic mass is 10.0. The number of hydrogen-bond acceptors (Lipinski definition) is 5. The Morgan fingerprint density at radius 3 is 2.82 bits per heavy atom. The maximum absolute atomic E-state index is 5.80. The van der Waals surface area contributed by atoms with E-state index in [1.165, 1.54) is 5.01 Å². The number of halogens is 1. The van der Waals surface area contributed by atoms with Crippen LogP contribution in [-0.2, 0) is 15.9 Å². The zero-order chi connectivity index (χ0) is 19.2. The molecule has 2 rings (SSSR count). The normalized spacial score (nSPS) is 15.3. The Morgan fingerprint density at radius 1 is 1.29 bits per heavy atom. The molecule has 1 aromatic rings. The predicted octanol–water partition coefficient (Wildman–Crippen LogP) is 3.78. The highest BCUT2D eigenvalue weighted by molar-refractivity contribution is 14.0. The fourth-order valence-electron chi connectivity index (χ4n) is 2.99. The van der Waals surface area contributed by atoms with E-state index in [-0.39, 0.29) is 24.0 Å². The summed E-state index contributed by atoms with van der Waals surface area (Å²) < 4.78 is 11.2. The summed E-state index contributed by atoms with van der Waals surface area (Å²) in [4.78, 5) is 9.15. The Bertz CT molecular complexity index is 536. The van der Waals surface area contributed by atoms with Crippen molar-refractivity contribution >= 4 is 41.3 Å². The van der Waals surface area contributed by atoms with Gasteiger partial charge in [0, 0.05) is 57.1 Å². The molecule has 28 heavy (non-hydrogen) atoms. The van der Waals surface area contributed by atoms with E-state index in [0.717, 1.165) is 96.2 Å². The van der Waals surface area contributed by atoms with Gasteiger partial charge in [-0.05, 0) is 58.3 Å². The van der Waals surface area contributed by atoms with Crippen LogP contribution < -0.4 is 10.6 Å². The molecule has 0 aromatic carbocycles. The monoisotopic (exact) mass is 524 g/mol. The number of hydrogen-bond donors (Lipinski definition) is 2. The molecule has 1 aromatic heterocycles. The molecule has 1 aliphatic rings. The molecule has 8 heteroatoms. The van der Waals surface area contributed by atoms with E-state index >= 15 is 0 Å². The van der Waals surface area contributed by atoms with Gasteiger partial charge in [0.25, 0.3) is 0 Å². The smallest absolute Gasteiger partial charge is 0.191 e. The van der Waals surface area contributed by atoms with Gasteiger partial charge in [-0.25, -0.2) is 4.98 Å². The predicted molar refractivity (Wildman–Crippen MR) is 128 cm³/mol. The van der Waals surface area contributed by atoms with E-state index in [0.29, 0.717) is 5.92 Å². The van der Waals surface area contributed by atoms with Crippen molar-refractivity contribution in [1.82, 2.24) is 15.6 Å². The third kappa shape index (κ3) is 11.5. The minimum absolute atomic E-state index is 0. The van der Waals surface area contributed by atoms with Crippen LogP contribution in [0.2, 0.25) is 0 Å². The van der Waals surface area contributed by atoms with Crippen molar-refractivity contribution in [1.29, 1.82) is 0 Å². The van der Waals surface area contributed by atoms with E-state index < -0.39 is 0 Å². The first-order valence-electron chi connectivity index (χ1n) is 10.4. The van der Waals surface area contributed by atoms with Crippen LogP contribution in [0.1, 0.15) is 49.7 Å². The molecule has 2 N–H and O–H groups in total. The third-order valence-corrected chi connectivity index (χ3v) is 5.56. The van der Waals surface area contributed by atoms with Gasteiger partial charge in [0.1, 0.15) is 0 Å². The van der Waals surface area contributed by atoms with Crippen molar-refractivity contribution < 1.29 is 9.47 Å². The lowest BCUT2D eigenvalue weighted by Crippen LogP contribution is -2.38. The minimum atomic E-state index is 0. The third-order valence-electron chi connectivity index (χ3n) is 4.53. The first-order valence-corrected chi connectivity index (χ1v) is 11.2. The molecule has 2 heterocycles. The van der Waals surface area contributed by atoms with E-state index in [1.807, 2.05) is 0 Å². The second kappa shape index (κ2) is 16.4. The first-order chi connectivity index (χ1) is 13.3. The van der Waals surface area contributed by atoms with Gasteiger partial charge in [-0.1, -0.05) is 0 Å². The second-order valence-electron chi connectivity index (χ2n) is 7.01. The number of aliphatic imine (C=N–C) groups is 1. The number of ether oxygens (including phenoxy) is 2. The Hall–Kier alpha value is -0.450. The molecule has 0 saturated carbocycles. The number of aryl methyl sites for hydroxylation is 2. The fraction of sp³-hybridized carbons (Fsp3) is 0.800. The van der Waals surface area contributed by atoms with Crippen molar-refractivity contribution in [2.75, 3.05) is 46.1 Å². The molecule has 0 atom stereocenters. The minimum Gasteiger partial charge on any atom is -0.381 e. The summed E-state index contributed by atoms with van der Waals surface area (Å²) in [6.45, 7) is 10.2. The molecular formula is C20H37IN4O2S. The highest BCUT2D eigenvalue weighted by atomic mass is 127. The molecular weight excluding hydrogens is 487 g/mol. The number of nitrogens with one attached hydrogen (secondary N) is 2. The fourth-order valence-corrected chi connectivity index (χ4v) is 3.81. The highest BCUT2D eigenvalue weighted by Crippen LogP contribution is 2.14. The standard InChI is InChI=1S/C20H36N4O2S.HI/c1-3-21-20(22-10-5-4-7-19-24-17(2)16-27-19)23-11-6-12-26-15-18-8-13-25-14-9-18;/h16,18H,3-15H2,1-2H3,(H2,21,22,23);1H. The largest absolute Gasteiger partial charge is 0.381 e. The van der Waals surface area contributed by atoms with Crippen LogP contribution in [0.3, 0.4) is 0 Å². The van der Waals surface area contributed by atoms with E-state index in [1.54, 1.807) is 11.3 Å². The van der Waals surface area contributed by atoms with Crippen molar-refractivity contribution in [2.45, 2.75) is 52.4 Å². The van der Waals surface area contributed by atoms with E-state index in [2.05, 4.69) is 39.8 Å². The summed E-state index contributed by atoms with van der Waals surface area (Å²) in [6, 6.07) is 0. The molecule has 0 radical (unpaired) electrons. The molecule has 0 aliphatic carbocycles. The summed E-state index contributed by atoms with van der Waals surface area (Å²) in [6.07, 6.45) is 6.57. The van der Waals surface area contributed by atoms with Crippen LogP contribution in [0.25, 0.3) is 0 Å². The molecule has 162 valence electrons. The summed E-state index contributed by atoms with van der Waals surface area (Å²) >= 11 is 1.76. The van der Waals surface area contributed by atoms with Crippen LogP contribution >= 0.6 is 35.3 Å². The van der Waals surface area contributed by atoms with E-state index in [4.69, 9.17) is 9.47 Å². The highest BCUT2D eigenvalue weighted by Gasteiger charge is 2.13. The maximum Gasteiger partial charge on any atom is 0.191 e. The van der Waals surface area contributed by atoms with Crippen LogP contribution in [0.5, 0.6) is 0 Å². The van der Waals surface area contributed by atoms with Crippen LogP contribution in [-0.4, -0.2) is 57.0 Å². The van der Waals surface area contributed by atoms with Crippen molar-refractivity contribution in [3.63, 3.8) is 0 Å². The topological polar surface area (TPSA) is 67.8 Å². The summed E-state index contributed by atoms with van der Waals surface area (Å²) in [5.74, 6) is 1.58. The summed E-state index contributed by atoms with van der Waals surface area (Å²) in [5.41, 5.74) is 1.13. The number of guanidine groups is 1. The Labute approximate surface area is 191 Å². The van der Waals surface area contributed by atoms with Gasteiger partial charge >= 0.3 is 0 Å². The van der Waals surface area contributed by atoms with Crippen molar-refractivity contribution in [2.24, 2.45) is 10.9 Å². The maximum atomic E-state index is 5.80. The van der Waals surface area contributed by atoms with Gasteiger partial charge in [-0.3, -0.25) is 4.99 Å². The number of thiazole rings is 1. The van der Waals surface area contributed by atoms with Gasteiger partial charge in [-0.15, -0.1) is 35.3 Å². The molecule has 6 nitrogen and oxygen atoms in total. The number of aromatic nitrogens is 1. The van der Waals surface area contributed by atoms with Gasteiger partial charge in [0.2, 0.25) is 0 Å². The van der Waals surface area contributed by atoms with Crippen LogP contribution in [0, 0.1) is 12.8 Å². The summed E-state index contributed by atoms with van der Waals surface area (Å²) in [7, 11) is 0. The van der Waals surface area contributed by atoms with Gasteiger partial charge in [0.05, 0.1) is 5.01 Å². The molecule has 0 unspecified atom stereocenters. The average Bonchev–Trinajstić information content (AvgIpc) is 3.10. The lowest BCUT2D eigenvalue weighted by molar-refractivity contribution is 0.0205. The van der Waals surface area contributed by atoms with Gasteiger partial charge < -0.3 is 20.1 Å². The quantitative estimate of drug-likeness (QED) is 0.189. The molecule has 1 saturated heterocycles. The Balaban J connectivity index is 0.00000392. The average molecular weight is 525 g/mol. The molecule has 0 amide bonds. The lowest BCUT2D eigenvalue weighted by Gasteiger charge is -2.21. The number of rotatable bonds is 12.